The molecule has 0 spiro atoms. The molecule has 0 saturated heterocycles. The number of anilines is 1. The molecule has 1 atom stereocenters. The van der Waals surface area contributed by atoms with Crippen LogP contribution in [0.3, 0.4) is 0 Å². The van der Waals surface area contributed by atoms with Crippen LogP contribution in [-0.2, 0) is 4.79 Å². The summed E-state index contributed by atoms with van der Waals surface area (Å²) in [5.41, 5.74) is 1.63. The maximum atomic E-state index is 14.1. The molecule has 0 aliphatic carbocycles. The van der Waals surface area contributed by atoms with Gasteiger partial charge in [0, 0.05) is 16.1 Å². The molecule has 33 heavy (non-hydrogen) atoms. The van der Waals surface area contributed by atoms with E-state index in [0.29, 0.717) is 32.5 Å². The van der Waals surface area contributed by atoms with Gasteiger partial charge in [-0.3, -0.25) is 10.1 Å². The van der Waals surface area contributed by atoms with Crippen LogP contribution in [0.25, 0.3) is 17.2 Å². The fraction of sp³-hybridized carbons (Fsp3) is 0.0833. The molecule has 0 unspecified atom stereocenters. The number of nitrogens with zero attached hydrogens (tertiary/aromatic N) is 1. The molecule has 1 aromatic heterocycles. The number of benzene rings is 3. The number of hydrogen-bond acceptors (Lipinski definition) is 5. The van der Waals surface area contributed by atoms with Gasteiger partial charge in [0.1, 0.15) is 17.0 Å². The number of carbonyl (C=O) groups excluding carboxylic acids is 1. The highest BCUT2D eigenvalue weighted by atomic mass is 35.5. The SMILES string of the molecule is C[C@@H](Oc1ccc(OC(F)=Cc2ccc(Cl)cc2)cc1)C(=O)Nc1nc2cc(Cl)ccc2o1. The summed E-state index contributed by atoms with van der Waals surface area (Å²) in [5, 5.41) is 3.63. The highest BCUT2D eigenvalue weighted by Gasteiger charge is 2.18. The smallest absolute Gasteiger partial charge is 0.302 e. The van der Waals surface area contributed by atoms with Gasteiger partial charge in [0.2, 0.25) is 0 Å². The van der Waals surface area contributed by atoms with Crippen LogP contribution < -0.4 is 14.8 Å². The monoisotopic (exact) mass is 486 g/mol. The van der Waals surface area contributed by atoms with Crippen molar-refractivity contribution < 1.29 is 23.1 Å². The van der Waals surface area contributed by atoms with Crippen LogP contribution in [0.5, 0.6) is 11.5 Å². The Bertz CT molecular complexity index is 1300. The van der Waals surface area contributed by atoms with Crippen molar-refractivity contribution >= 4 is 52.3 Å². The molecule has 0 saturated carbocycles. The third-order valence-corrected chi connectivity index (χ3v) is 4.94. The fourth-order valence-corrected chi connectivity index (χ4v) is 3.13. The second kappa shape index (κ2) is 9.94. The molecule has 0 radical (unpaired) electrons. The molecule has 0 aliphatic rings. The van der Waals surface area contributed by atoms with E-state index in [1.807, 2.05) is 0 Å². The minimum Gasteiger partial charge on any atom is -0.481 e. The quantitative estimate of drug-likeness (QED) is 0.288. The largest absolute Gasteiger partial charge is 0.481 e. The van der Waals surface area contributed by atoms with Crippen molar-refractivity contribution in [1.82, 2.24) is 4.98 Å². The van der Waals surface area contributed by atoms with Crippen LogP contribution in [0, 0.1) is 0 Å². The molecule has 9 heteroatoms. The number of hydrogen-bond donors (Lipinski definition) is 1. The number of ether oxygens (including phenoxy) is 2. The molecule has 1 amide bonds. The number of rotatable bonds is 7. The lowest BCUT2D eigenvalue weighted by molar-refractivity contribution is -0.122. The van der Waals surface area contributed by atoms with E-state index in [-0.39, 0.29) is 11.8 Å². The molecule has 0 bridgehead atoms. The van der Waals surface area contributed by atoms with E-state index in [1.165, 1.54) is 18.2 Å². The van der Waals surface area contributed by atoms with E-state index < -0.39 is 18.0 Å². The molecule has 3 aromatic carbocycles. The zero-order valence-electron chi connectivity index (χ0n) is 17.2. The Kier molecular flexibility index (Phi) is 6.82. The van der Waals surface area contributed by atoms with Gasteiger partial charge < -0.3 is 13.9 Å². The van der Waals surface area contributed by atoms with Gasteiger partial charge in [0.15, 0.2) is 11.7 Å². The third kappa shape index (κ3) is 6.03. The van der Waals surface area contributed by atoms with Crippen molar-refractivity contribution in [3.63, 3.8) is 0 Å². The highest BCUT2D eigenvalue weighted by molar-refractivity contribution is 6.31. The Morgan fingerprint density at radius 3 is 2.42 bits per heavy atom. The lowest BCUT2D eigenvalue weighted by atomic mass is 10.2. The minimum atomic E-state index is -0.850. The van der Waals surface area contributed by atoms with E-state index in [1.54, 1.807) is 61.5 Å². The minimum absolute atomic E-state index is 0.0411. The Hall–Kier alpha value is -3.55. The second-order valence-electron chi connectivity index (χ2n) is 6.95. The van der Waals surface area contributed by atoms with Gasteiger partial charge in [-0.15, -0.1) is 0 Å². The summed E-state index contributed by atoms with van der Waals surface area (Å²) in [6.07, 6.45) is 0.393. The van der Waals surface area contributed by atoms with Crippen LogP contribution in [0.15, 0.2) is 77.2 Å². The Morgan fingerprint density at radius 1 is 1.03 bits per heavy atom. The van der Waals surface area contributed by atoms with Crippen molar-refractivity contribution in [3.8, 4) is 11.5 Å². The van der Waals surface area contributed by atoms with Gasteiger partial charge in [-0.2, -0.15) is 9.37 Å². The summed E-state index contributed by atoms with van der Waals surface area (Å²) >= 11 is 11.7. The molecular formula is C24H17Cl2FN2O4. The van der Waals surface area contributed by atoms with Crippen molar-refractivity contribution in [2.24, 2.45) is 0 Å². The first-order valence-corrected chi connectivity index (χ1v) is 10.6. The van der Waals surface area contributed by atoms with Gasteiger partial charge >= 0.3 is 6.01 Å². The zero-order valence-corrected chi connectivity index (χ0v) is 18.7. The third-order valence-electron chi connectivity index (χ3n) is 4.45. The van der Waals surface area contributed by atoms with E-state index in [4.69, 9.17) is 37.1 Å². The predicted octanol–water partition coefficient (Wildman–Crippen LogP) is 6.89. The summed E-state index contributed by atoms with van der Waals surface area (Å²) in [6.45, 7) is 1.58. The van der Waals surface area contributed by atoms with Gasteiger partial charge in [0.05, 0.1) is 0 Å². The van der Waals surface area contributed by atoms with Gasteiger partial charge in [-0.25, -0.2) is 0 Å². The number of nitrogens with one attached hydrogen (secondary N) is 1. The van der Waals surface area contributed by atoms with Crippen molar-refractivity contribution in [2.45, 2.75) is 13.0 Å². The average Bonchev–Trinajstić information content (AvgIpc) is 3.18. The average molecular weight is 487 g/mol. The summed E-state index contributed by atoms with van der Waals surface area (Å²) < 4.78 is 30.4. The number of carbonyl (C=O) groups is 1. The van der Waals surface area contributed by atoms with Gasteiger partial charge in [-0.05, 0) is 67.1 Å². The fourth-order valence-electron chi connectivity index (χ4n) is 2.84. The van der Waals surface area contributed by atoms with E-state index in [0.717, 1.165) is 0 Å². The van der Waals surface area contributed by atoms with Gasteiger partial charge in [-0.1, -0.05) is 35.3 Å². The first-order valence-electron chi connectivity index (χ1n) is 9.80. The van der Waals surface area contributed by atoms with E-state index in [2.05, 4.69) is 10.3 Å². The van der Waals surface area contributed by atoms with Crippen molar-refractivity contribution in [3.05, 3.63) is 88.4 Å². The second-order valence-corrected chi connectivity index (χ2v) is 7.83. The maximum Gasteiger partial charge on any atom is 0.302 e. The van der Waals surface area contributed by atoms with E-state index >= 15 is 0 Å². The Balaban J connectivity index is 1.33. The number of oxazole rings is 1. The standard InChI is InChI=1S/C24H17Cl2FN2O4/c1-14(23(30)29-24-28-20-13-17(26)6-11-21(20)33-24)31-18-7-9-19(10-8-18)32-22(27)12-15-2-4-16(25)5-3-15/h2-14H,1H3,(H,28,29,30)/t14-/m1/s1. The lowest BCUT2D eigenvalue weighted by Crippen LogP contribution is -2.30. The first kappa shape index (κ1) is 22.6. The molecule has 6 nitrogen and oxygen atoms in total. The summed E-state index contributed by atoms with van der Waals surface area (Å²) in [6, 6.07) is 17.1. The highest BCUT2D eigenvalue weighted by Crippen LogP contribution is 2.24. The molecule has 1 heterocycles. The van der Waals surface area contributed by atoms with Crippen molar-refractivity contribution in [2.75, 3.05) is 5.32 Å². The summed E-state index contributed by atoms with van der Waals surface area (Å²) in [4.78, 5) is 16.6. The molecule has 4 aromatic rings. The number of fused-ring (bicyclic) bond motifs is 1. The molecule has 0 aliphatic heterocycles. The predicted molar refractivity (Wildman–Crippen MR) is 125 cm³/mol. The molecule has 1 N–H and O–H groups in total. The number of aromatic nitrogens is 1. The van der Waals surface area contributed by atoms with Crippen LogP contribution in [0.1, 0.15) is 12.5 Å². The normalized spacial score (nSPS) is 12.4. The van der Waals surface area contributed by atoms with Crippen LogP contribution in [0.4, 0.5) is 10.4 Å². The zero-order chi connectivity index (χ0) is 23.4. The lowest BCUT2D eigenvalue weighted by Gasteiger charge is -2.13. The number of amides is 1. The van der Waals surface area contributed by atoms with Crippen molar-refractivity contribution in [1.29, 1.82) is 0 Å². The topological polar surface area (TPSA) is 73.6 Å². The first-order chi connectivity index (χ1) is 15.9. The van der Waals surface area contributed by atoms with Crippen LogP contribution in [0.2, 0.25) is 10.0 Å². The van der Waals surface area contributed by atoms with Crippen LogP contribution >= 0.6 is 23.2 Å². The number of halogens is 3. The van der Waals surface area contributed by atoms with E-state index in [9.17, 15) is 9.18 Å². The molecule has 4 rings (SSSR count). The van der Waals surface area contributed by atoms with Gasteiger partial charge in [0.25, 0.3) is 11.9 Å². The van der Waals surface area contributed by atoms with Crippen LogP contribution in [-0.4, -0.2) is 17.0 Å². The Morgan fingerprint density at radius 2 is 1.70 bits per heavy atom. The molecule has 0 fully saturated rings. The summed E-state index contributed by atoms with van der Waals surface area (Å²) in [7, 11) is 0. The molecule has 168 valence electrons. The maximum absolute atomic E-state index is 14.1. The molecular weight excluding hydrogens is 470 g/mol. The Labute approximate surface area is 198 Å². The summed E-state index contributed by atoms with van der Waals surface area (Å²) in [5.74, 6) is 0.216.